The van der Waals surface area contributed by atoms with Gasteiger partial charge in [0, 0.05) is 12.5 Å². The molecule has 1 aliphatic carbocycles. The molecule has 1 saturated carbocycles. The van der Waals surface area contributed by atoms with Crippen LogP contribution >= 0.6 is 0 Å². The number of hydrogen-bond acceptors (Lipinski definition) is 4. The lowest BCUT2D eigenvalue weighted by Crippen LogP contribution is -2.32. The quantitative estimate of drug-likeness (QED) is 0.602. The second kappa shape index (κ2) is 2.92. The third-order valence-electron chi connectivity index (χ3n) is 2.81. The zero-order valence-electron chi connectivity index (χ0n) is 7.93. The monoisotopic (exact) mass is 188 g/mol. The summed E-state index contributed by atoms with van der Waals surface area (Å²) in [6, 6.07) is 0. The summed E-state index contributed by atoms with van der Waals surface area (Å²) in [5.41, 5.74) is 0. The lowest BCUT2D eigenvalue weighted by atomic mass is 10.1. The number of aliphatic hydroxyl groups is 2. The molecule has 13 heavy (non-hydrogen) atoms. The Balaban J connectivity index is 2.07. The van der Waals surface area contributed by atoms with Crippen LogP contribution in [0.5, 0.6) is 0 Å². The Kier molecular flexibility index (Phi) is 2.11. The summed E-state index contributed by atoms with van der Waals surface area (Å²) in [4.78, 5) is 0. The van der Waals surface area contributed by atoms with Crippen LogP contribution in [0.1, 0.15) is 20.3 Å². The first-order valence-corrected chi connectivity index (χ1v) is 4.68. The number of hydrogen-bond donors (Lipinski definition) is 2. The van der Waals surface area contributed by atoms with Crippen LogP contribution in [0.2, 0.25) is 0 Å². The van der Waals surface area contributed by atoms with Gasteiger partial charge in [0.1, 0.15) is 6.10 Å². The van der Waals surface area contributed by atoms with Crippen LogP contribution in [0, 0.1) is 5.92 Å². The molecule has 0 aromatic carbocycles. The van der Waals surface area contributed by atoms with Crippen molar-refractivity contribution >= 4 is 0 Å². The molecule has 0 aromatic heterocycles. The highest BCUT2D eigenvalue weighted by Gasteiger charge is 2.52. The van der Waals surface area contributed by atoms with E-state index in [-0.39, 0.29) is 24.7 Å². The highest BCUT2D eigenvalue weighted by atomic mass is 16.8. The number of ether oxygens (including phenoxy) is 2. The van der Waals surface area contributed by atoms with Crippen LogP contribution in [0.15, 0.2) is 0 Å². The minimum Gasteiger partial charge on any atom is -0.396 e. The van der Waals surface area contributed by atoms with Crippen LogP contribution in [-0.4, -0.2) is 40.9 Å². The Morgan fingerprint density at radius 1 is 1.38 bits per heavy atom. The molecule has 2 rings (SSSR count). The zero-order valence-corrected chi connectivity index (χ0v) is 7.93. The first-order chi connectivity index (χ1) is 6.03. The SMILES string of the molecule is CC1(C)O[C@H]2[C@H](O)[C@H](CO)C[C@H]2O1. The summed E-state index contributed by atoms with van der Waals surface area (Å²) >= 11 is 0. The molecule has 1 saturated heterocycles. The average molecular weight is 188 g/mol. The molecule has 1 heterocycles. The van der Waals surface area contributed by atoms with Gasteiger partial charge in [-0.25, -0.2) is 0 Å². The van der Waals surface area contributed by atoms with Crippen molar-refractivity contribution in [3.05, 3.63) is 0 Å². The molecule has 4 atom stereocenters. The predicted molar refractivity (Wildman–Crippen MR) is 45.0 cm³/mol. The Hall–Kier alpha value is -0.160. The summed E-state index contributed by atoms with van der Waals surface area (Å²) in [5.74, 6) is -0.678. The van der Waals surface area contributed by atoms with Crippen LogP contribution in [0.25, 0.3) is 0 Å². The molecule has 0 aromatic rings. The molecule has 0 radical (unpaired) electrons. The van der Waals surface area contributed by atoms with E-state index in [1.165, 1.54) is 0 Å². The van der Waals surface area contributed by atoms with Gasteiger partial charge in [0.2, 0.25) is 0 Å². The van der Waals surface area contributed by atoms with Crippen molar-refractivity contribution in [1.82, 2.24) is 0 Å². The van der Waals surface area contributed by atoms with E-state index in [9.17, 15) is 5.11 Å². The van der Waals surface area contributed by atoms with Gasteiger partial charge in [0.05, 0.1) is 12.2 Å². The topological polar surface area (TPSA) is 58.9 Å². The maximum atomic E-state index is 9.73. The van der Waals surface area contributed by atoms with Crippen molar-refractivity contribution in [2.75, 3.05) is 6.61 Å². The summed E-state index contributed by atoms with van der Waals surface area (Å²) in [6.07, 6.45) is -0.211. The molecular weight excluding hydrogens is 172 g/mol. The highest BCUT2D eigenvalue weighted by Crippen LogP contribution is 2.40. The molecule has 0 spiro atoms. The van der Waals surface area contributed by atoms with Gasteiger partial charge in [-0.1, -0.05) is 0 Å². The van der Waals surface area contributed by atoms with Crippen molar-refractivity contribution in [3.63, 3.8) is 0 Å². The van der Waals surface area contributed by atoms with Gasteiger partial charge < -0.3 is 19.7 Å². The number of aliphatic hydroxyl groups excluding tert-OH is 2. The standard InChI is InChI=1S/C9H16O4/c1-9(2)12-6-3-5(4-10)7(11)8(6)13-9/h5-8,10-11H,3-4H2,1-2H3/t5-,6+,7+,8+/m0/s1. The van der Waals surface area contributed by atoms with Crippen LogP contribution in [0.3, 0.4) is 0 Å². The fourth-order valence-electron chi connectivity index (χ4n) is 2.22. The smallest absolute Gasteiger partial charge is 0.163 e. The third-order valence-corrected chi connectivity index (χ3v) is 2.81. The van der Waals surface area contributed by atoms with Crippen molar-refractivity contribution in [2.24, 2.45) is 5.92 Å². The van der Waals surface area contributed by atoms with E-state index in [4.69, 9.17) is 14.6 Å². The zero-order chi connectivity index (χ0) is 9.64. The first kappa shape index (κ1) is 9.40. The second-order valence-electron chi connectivity index (χ2n) is 4.31. The maximum absolute atomic E-state index is 9.73. The van der Waals surface area contributed by atoms with E-state index < -0.39 is 11.9 Å². The summed E-state index contributed by atoms with van der Waals surface area (Å²) in [5, 5.41) is 18.7. The lowest BCUT2D eigenvalue weighted by molar-refractivity contribution is -0.168. The van der Waals surface area contributed by atoms with Crippen molar-refractivity contribution in [2.45, 2.75) is 44.4 Å². The van der Waals surface area contributed by atoms with Gasteiger partial charge in [-0.3, -0.25) is 0 Å². The molecule has 2 fully saturated rings. The van der Waals surface area contributed by atoms with E-state index in [0.29, 0.717) is 6.42 Å². The molecular formula is C9H16O4. The predicted octanol–water partition coefficient (Wildman–Crippen LogP) is -0.120. The molecule has 1 aliphatic heterocycles. The average Bonchev–Trinajstić information content (AvgIpc) is 2.47. The van der Waals surface area contributed by atoms with Gasteiger partial charge in [0.15, 0.2) is 5.79 Å². The van der Waals surface area contributed by atoms with Crippen molar-refractivity contribution in [1.29, 1.82) is 0 Å². The summed E-state index contributed by atoms with van der Waals surface area (Å²) in [6.45, 7) is 3.68. The van der Waals surface area contributed by atoms with Gasteiger partial charge in [-0.15, -0.1) is 0 Å². The molecule has 0 bridgehead atoms. The minimum atomic E-state index is -0.587. The lowest BCUT2D eigenvalue weighted by Gasteiger charge is -2.22. The van der Waals surface area contributed by atoms with Gasteiger partial charge >= 0.3 is 0 Å². The summed E-state index contributed by atoms with van der Waals surface area (Å²) < 4.78 is 11.1. The van der Waals surface area contributed by atoms with E-state index >= 15 is 0 Å². The maximum Gasteiger partial charge on any atom is 0.163 e. The van der Waals surface area contributed by atoms with E-state index in [1.54, 1.807) is 0 Å². The normalized spacial score (nSPS) is 48.0. The largest absolute Gasteiger partial charge is 0.396 e. The molecule has 4 nitrogen and oxygen atoms in total. The van der Waals surface area contributed by atoms with E-state index in [0.717, 1.165) is 0 Å². The number of fused-ring (bicyclic) bond motifs is 1. The number of rotatable bonds is 1. The van der Waals surface area contributed by atoms with Gasteiger partial charge in [-0.05, 0) is 20.3 Å². The fourth-order valence-corrected chi connectivity index (χ4v) is 2.22. The summed E-state index contributed by atoms with van der Waals surface area (Å²) in [7, 11) is 0. The second-order valence-corrected chi connectivity index (χ2v) is 4.31. The van der Waals surface area contributed by atoms with Crippen LogP contribution in [-0.2, 0) is 9.47 Å². The Bertz CT molecular complexity index is 204. The van der Waals surface area contributed by atoms with E-state index in [1.807, 2.05) is 13.8 Å². The Labute approximate surface area is 77.5 Å². The molecule has 2 N–H and O–H groups in total. The molecule has 4 heteroatoms. The minimum absolute atomic E-state index is 0.00130. The highest BCUT2D eigenvalue weighted by molar-refractivity contribution is 4.97. The molecule has 2 aliphatic rings. The third kappa shape index (κ3) is 1.48. The van der Waals surface area contributed by atoms with Gasteiger partial charge in [0.25, 0.3) is 0 Å². The molecule has 0 unspecified atom stereocenters. The van der Waals surface area contributed by atoms with Gasteiger partial charge in [-0.2, -0.15) is 0 Å². The van der Waals surface area contributed by atoms with E-state index in [2.05, 4.69) is 0 Å². The molecule has 0 amide bonds. The Morgan fingerprint density at radius 3 is 2.62 bits per heavy atom. The first-order valence-electron chi connectivity index (χ1n) is 4.68. The fraction of sp³-hybridized carbons (Fsp3) is 1.00. The van der Waals surface area contributed by atoms with Crippen molar-refractivity contribution < 1.29 is 19.7 Å². The molecule has 76 valence electrons. The van der Waals surface area contributed by atoms with Crippen LogP contribution < -0.4 is 0 Å². The Morgan fingerprint density at radius 2 is 2.08 bits per heavy atom. The van der Waals surface area contributed by atoms with Crippen molar-refractivity contribution in [3.8, 4) is 0 Å². The van der Waals surface area contributed by atoms with Crippen LogP contribution in [0.4, 0.5) is 0 Å².